The fraction of sp³-hybridized carbons (Fsp3) is 0.375. The van der Waals surface area contributed by atoms with E-state index in [-0.39, 0.29) is 16.3 Å². The lowest BCUT2D eigenvalue weighted by Crippen LogP contribution is -2.19. The van der Waals surface area contributed by atoms with Gasteiger partial charge >= 0.3 is 0 Å². The van der Waals surface area contributed by atoms with E-state index in [2.05, 4.69) is 4.98 Å². The number of rotatable bonds is 1. The third-order valence-corrected chi connectivity index (χ3v) is 3.30. The van der Waals surface area contributed by atoms with E-state index in [9.17, 15) is 18.3 Å². The van der Waals surface area contributed by atoms with Crippen molar-refractivity contribution in [1.82, 2.24) is 4.98 Å². The highest BCUT2D eigenvalue weighted by Gasteiger charge is 2.19. The molecule has 2 N–H and O–H groups in total. The minimum Gasteiger partial charge on any atom is -0.494 e. The molecular weight excluding hydrogens is 206 g/mol. The minimum atomic E-state index is -3.56. The van der Waals surface area contributed by atoms with Crippen LogP contribution in [0.15, 0.2) is 9.69 Å². The van der Waals surface area contributed by atoms with Gasteiger partial charge in [0, 0.05) is 11.8 Å². The number of hydrogen-bond acceptors (Lipinski definition) is 4. The predicted molar refractivity (Wildman–Crippen MR) is 51.3 cm³/mol. The number of H-pyrrole nitrogens is 1. The zero-order valence-electron chi connectivity index (χ0n) is 8.08. The first kappa shape index (κ1) is 10.8. The number of nitrogens with one attached hydrogen (secondary N) is 1. The molecule has 0 aliphatic heterocycles. The standard InChI is InChI=1S/C8H11NO4S/c1-4-5(2)7(10)9-8(11)6(4)14(3,12)13/h1-3H3,(H2,9,10,11). The Morgan fingerprint density at radius 3 is 2.14 bits per heavy atom. The Labute approximate surface area is 81.3 Å². The first-order valence-electron chi connectivity index (χ1n) is 3.87. The second kappa shape index (κ2) is 3.13. The molecule has 0 aliphatic carbocycles. The molecule has 6 heteroatoms. The molecule has 0 radical (unpaired) electrons. The molecule has 0 spiro atoms. The van der Waals surface area contributed by atoms with Crippen LogP contribution >= 0.6 is 0 Å². The zero-order valence-corrected chi connectivity index (χ0v) is 8.90. The van der Waals surface area contributed by atoms with Crippen molar-refractivity contribution in [2.24, 2.45) is 0 Å². The summed E-state index contributed by atoms with van der Waals surface area (Å²) in [5, 5.41) is 9.22. The van der Waals surface area contributed by atoms with Gasteiger partial charge in [0.1, 0.15) is 4.90 Å². The van der Waals surface area contributed by atoms with Crippen LogP contribution in [0.1, 0.15) is 11.1 Å². The summed E-state index contributed by atoms with van der Waals surface area (Å²) in [5.41, 5.74) is -0.133. The molecular formula is C8H11NO4S. The van der Waals surface area contributed by atoms with Gasteiger partial charge in [0.05, 0.1) is 0 Å². The molecule has 14 heavy (non-hydrogen) atoms. The molecule has 0 aromatic carbocycles. The molecule has 0 unspecified atom stereocenters. The van der Waals surface area contributed by atoms with Crippen molar-refractivity contribution in [2.45, 2.75) is 18.7 Å². The van der Waals surface area contributed by atoms with Crippen LogP contribution in [-0.4, -0.2) is 24.8 Å². The fourth-order valence-electron chi connectivity index (χ4n) is 1.22. The lowest BCUT2D eigenvalue weighted by Gasteiger charge is -2.06. The van der Waals surface area contributed by atoms with Crippen molar-refractivity contribution in [3.63, 3.8) is 0 Å². The van der Waals surface area contributed by atoms with Gasteiger partial charge in [0.2, 0.25) is 0 Å². The lowest BCUT2D eigenvalue weighted by atomic mass is 10.2. The smallest absolute Gasteiger partial charge is 0.269 e. The number of aromatic hydroxyl groups is 1. The minimum absolute atomic E-state index is 0.284. The third kappa shape index (κ3) is 1.65. The Bertz CT molecular complexity index is 527. The second-order valence-electron chi connectivity index (χ2n) is 3.15. The highest BCUT2D eigenvalue weighted by Crippen LogP contribution is 2.19. The molecule has 1 heterocycles. The molecule has 0 fully saturated rings. The van der Waals surface area contributed by atoms with Crippen molar-refractivity contribution in [3.8, 4) is 5.88 Å². The van der Waals surface area contributed by atoms with Crippen LogP contribution in [0.25, 0.3) is 0 Å². The fourth-order valence-corrected chi connectivity index (χ4v) is 2.32. The van der Waals surface area contributed by atoms with Crippen molar-refractivity contribution >= 4 is 9.84 Å². The maximum Gasteiger partial charge on any atom is 0.269 e. The summed E-state index contributed by atoms with van der Waals surface area (Å²) in [6.07, 6.45) is 0.959. The van der Waals surface area contributed by atoms with Gasteiger partial charge in [-0.3, -0.25) is 9.78 Å². The van der Waals surface area contributed by atoms with Crippen LogP contribution in [0.2, 0.25) is 0 Å². The second-order valence-corrected chi connectivity index (χ2v) is 5.11. The van der Waals surface area contributed by atoms with Crippen LogP contribution < -0.4 is 5.56 Å². The van der Waals surface area contributed by atoms with E-state index in [1.54, 1.807) is 0 Å². The Balaban J connectivity index is 3.80. The summed E-state index contributed by atoms with van der Waals surface area (Å²) >= 11 is 0. The summed E-state index contributed by atoms with van der Waals surface area (Å²) in [6, 6.07) is 0. The summed E-state index contributed by atoms with van der Waals surface area (Å²) in [7, 11) is -3.56. The van der Waals surface area contributed by atoms with Gasteiger partial charge in [0.25, 0.3) is 5.56 Å². The van der Waals surface area contributed by atoms with Crippen molar-refractivity contribution in [1.29, 1.82) is 0 Å². The monoisotopic (exact) mass is 217 g/mol. The lowest BCUT2D eigenvalue weighted by molar-refractivity contribution is 0.444. The highest BCUT2D eigenvalue weighted by molar-refractivity contribution is 7.90. The molecule has 0 aliphatic rings. The molecule has 0 amide bonds. The topological polar surface area (TPSA) is 87.2 Å². The molecule has 0 atom stereocenters. The number of aromatic amines is 1. The SMILES string of the molecule is Cc1c(O)[nH]c(=O)c(S(C)(=O)=O)c1C. The molecule has 0 saturated carbocycles. The van der Waals surface area contributed by atoms with Gasteiger partial charge in [-0.05, 0) is 19.4 Å². The molecule has 1 aromatic rings. The Kier molecular flexibility index (Phi) is 2.41. The number of sulfone groups is 1. The van der Waals surface area contributed by atoms with Gasteiger partial charge in [-0.2, -0.15) is 0 Å². The highest BCUT2D eigenvalue weighted by atomic mass is 32.2. The van der Waals surface area contributed by atoms with Crippen LogP contribution in [0.3, 0.4) is 0 Å². The van der Waals surface area contributed by atoms with Gasteiger partial charge < -0.3 is 5.11 Å². The first-order valence-corrected chi connectivity index (χ1v) is 5.76. The molecule has 0 bridgehead atoms. The van der Waals surface area contributed by atoms with Crippen molar-refractivity contribution in [2.75, 3.05) is 6.26 Å². The number of aromatic nitrogens is 1. The third-order valence-electron chi connectivity index (χ3n) is 2.07. The van der Waals surface area contributed by atoms with E-state index in [4.69, 9.17) is 0 Å². The molecule has 0 saturated heterocycles. The maximum atomic E-state index is 11.3. The largest absolute Gasteiger partial charge is 0.494 e. The van der Waals surface area contributed by atoms with Crippen LogP contribution in [-0.2, 0) is 9.84 Å². The summed E-state index contributed by atoms with van der Waals surface area (Å²) < 4.78 is 22.5. The normalized spacial score (nSPS) is 11.6. The van der Waals surface area contributed by atoms with E-state index in [0.717, 1.165) is 6.26 Å². The Morgan fingerprint density at radius 1 is 1.21 bits per heavy atom. The van der Waals surface area contributed by atoms with E-state index in [0.29, 0.717) is 5.56 Å². The van der Waals surface area contributed by atoms with Crippen molar-refractivity contribution in [3.05, 3.63) is 21.5 Å². The molecule has 78 valence electrons. The summed E-state index contributed by atoms with van der Waals surface area (Å²) in [5.74, 6) is -0.292. The quantitative estimate of drug-likeness (QED) is 0.698. The Hall–Kier alpha value is -1.30. The average Bonchev–Trinajstić information content (AvgIpc) is 1.97. The van der Waals surface area contributed by atoms with Crippen LogP contribution in [0.4, 0.5) is 0 Å². The Morgan fingerprint density at radius 2 is 1.71 bits per heavy atom. The first-order chi connectivity index (χ1) is 6.25. The number of pyridine rings is 1. The number of hydrogen-bond donors (Lipinski definition) is 2. The summed E-state index contributed by atoms with van der Waals surface area (Å²) in [6.45, 7) is 3.02. The molecule has 5 nitrogen and oxygen atoms in total. The zero-order chi connectivity index (χ0) is 11.1. The van der Waals surface area contributed by atoms with E-state index in [1.807, 2.05) is 0 Å². The average molecular weight is 217 g/mol. The van der Waals surface area contributed by atoms with Gasteiger partial charge in [0.15, 0.2) is 15.7 Å². The van der Waals surface area contributed by atoms with Gasteiger partial charge in [-0.15, -0.1) is 0 Å². The van der Waals surface area contributed by atoms with Crippen LogP contribution in [0.5, 0.6) is 5.88 Å². The molecule has 1 aromatic heterocycles. The van der Waals surface area contributed by atoms with E-state index < -0.39 is 15.4 Å². The predicted octanol–water partition coefficient (Wildman–Crippen LogP) is 0.101. The maximum absolute atomic E-state index is 11.3. The van der Waals surface area contributed by atoms with Crippen molar-refractivity contribution < 1.29 is 13.5 Å². The summed E-state index contributed by atoms with van der Waals surface area (Å²) in [4.78, 5) is 13.1. The van der Waals surface area contributed by atoms with Gasteiger partial charge in [-0.25, -0.2) is 8.42 Å². The van der Waals surface area contributed by atoms with Gasteiger partial charge in [-0.1, -0.05) is 0 Å². The van der Waals surface area contributed by atoms with E-state index in [1.165, 1.54) is 13.8 Å². The van der Waals surface area contributed by atoms with Crippen LogP contribution in [0, 0.1) is 13.8 Å². The molecule has 1 rings (SSSR count). The van der Waals surface area contributed by atoms with E-state index >= 15 is 0 Å².